The predicted octanol–water partition coefficient (Wildman–Crippen LogP) is 3.60. The number of Topliss-reactive ketones (excluding diaryl/α,β-unsaturated/α-hetero) is 1. The number of nitrogens with zero attached hydrogens (tertiary/aromatic N) is 1. The van der Waals surface area contributed by atoms with E-state index in [-0.39, 0.29) is 23.7 Å². The van der Waals surface area contributed by atoms with Gasteiger partial charge in [-0.25, -0.2) is 0 Å². The zero-order chi connectivity index (χ0) is 15.1. The molecule has 4 heteroatoms. The van der Waals surface area contributed by atoms with Crippen LogP contribution in [-0.4, -0.2) is 23.5 Å². The van der Waals surface area contributed by atoms with Gasteiger partial charge in [0, 0.05) is 11.2 Å². The van der Waals surface area contributed by atoms with Crippen LogP contribution >= 0.6 is 11.6 Å². The van der Waals surface area contributed by atoms with Crippen molar-refractivity contribution in [2.45, 2.75) is 17.9 Å². The molecule has 22 heavy (non-hydrogen) atoms. The van der Waals surface area contributed by atoms with Gasteiger partial charge >= 0.3 is 0 Å². The number of carbonyl (C=O) groups excluding carboxylic acids is 1. The number of carbonyl (C=O) groups is 1. The third-order valence-corrected chi connectivity index (χ3v) is 4.68. The maximum atomic E-state index is 13.0. The third-order valence-electron chi connectivity index (χ3n) is 4.35. The Morgan fingerprint density at radius 2 is 2.09 bits per heavy atom. The first kappa shape index (κ1) is 13.7. The topological polar surface area (TPSA) is 39.2 Å². The summed E-state index contributed by atoms with van der Waals surface area (Å²) in [5, 5.41) is 0.667. The van der Waals surface area contributed by atoms with Gasteiger partial charge in [0.2, 0.25) is 0 Å². The Hall–Kier alpha value is -1.97. The van der Waals surface area contributed by atoms with Crippen molar-refractivity contribution < 1.29 is 9.53 Å². The highest BCUT2D eigenvalue weighted by molar-refractivity contribution is 6.32. The van der Waals surface area contributed by atoms with E-state index in [0.717, 1.165) is 16.8 Å². The molecule has 2 heterocycles. The molecule has 0 radical (unpaired) electrons. The molecule has 0 spiro atoms. The molecule has 1 aromatic heterocycles. The highest BCUT2D eigenvalue weighted by Gasteiger charge is 2.42. The van der Waals surface area contributed by atoms with Gasteiger partial charge in [0.05, 0.1) is 30.2 Å². The fourth-order valence-electron chi connectivity index (χ4n) is 3.27. The van der Waals surface area contributed by atoms with E-state index in [9.17, 15) is 4.79 Å². The van der Waals surface area contributed by atoms with Gasteiger partial charge in [-0.15, -0.1) is 0 Å². The van der Waals surface area contributed by atoms with E-state index >= 15 is 0 Å². The molecule has 2 aromatic rings. The lowest BCUT2D eigenvalue weighted by atomic mass is 9.76. The normalized spacial score (nSPS) is 26.4. The van der Waals surface area contributed by atoms with Gasteiger partial charge in [0.1, 0.15) is 0 Å². The van der Waals surface area contributed by atoms with Crippen molar-refractivity contribution in [1.29, 1.82) is 0 Å². The first-order valence-electron chi connectivity index (χ1n) is 7.28. The standard InChI is InChI=1S/C18H14ClNO2/c19-14-5-3-4-12-11(14)7-8-16-17(12)18(21)13(10-22-16)15-6-1-2-9-20-15/h1-9,13,16-17H,10H2. The first-order valence-corrected chi connectivity index (χ1v) is 7.66. The summed E-state index contributed by atoms with van der Waals surface area (Å²) in [7, 11) is 0. The summed E-state index contributed by atoms with van der Waals surface area (Å²) in [6, 6.07) is 11.3. The predicted molar refractivity (Wildman–Crippen MR) is 85.0 cm³/mol. The molecule has 0 N–H and O–H groups in total. The smallest absolute Gasteiger partial charge is 0.154 e. The number of benzene rings is 1. The second-order valence-electron chi connectivity index (χ2n) is 5.59. The Bertz CT molecular complexity index is 757. The quantitative estimate of drug-likeness (QED) is 0.808. The van der Waals surface area contributed by atoms with Crippen molar-refractivity contribution in [3.63, 3.8) is 0 Å². The molecule has 1 saturated heterocycles. The van der Waals surface area contributed by atoms with Crippen molar-refractivity contribution in [2.75, 3.05) is 6.61 Å². The van der Waals surface area contributed by atoms with Crippen molar-refractivity contribution in [3.8, 4) is 0 Å². The average Bonchev–Trinajstić information content (AvgIpc) is 2.56. The Morgan fingerprint density at radius 3 is 2.91 bits per heavy atom. The second kappa shape index (κ2) is 5.34. The number of aromatic nitrogens is 1. The summed E-state index contributed by atoms with van der Waals surface area (Å²) in [4.78, 5) is 17.4. The fraction of sp³-hybridized carbons (Fsp3) is 0.222. The Balaban J connectivity index is 1.77. The first-order chi connectivity index (χ1) is 10.8. The highest BCUT2D eigenvalue weighted by atomic mass is 35.5. The highest BCUT2D eigenvalue weighted by Crippen LogP contribution is 2.41. The third kappa shape index (κ3) is 2.09. The maximum Gasteiger partial charge on any atom is 0.154 e. The van der Waals surface area contributed by atoms with Crippen molar-refractivity contribution in [2.24, 2.45) is 0 Å². The van der Waals surface area contributed by atoms with Crippen LogP contribution in [0.25, 0.3) is 6.08 Å². The minimum atomic E-state index is -0.319. The number of halogens is 1. The summed E-state index contributed by atoms with van der Waals surface area (Å²) >= 11 is 6.26. The molecule has 1 aliphatic carbocycles. The Morgan fingerprint density at radius 1 is 1.18 bits per heavy atom. The molecule has 4 rings (SSSR count). The lowest BCUT2D eigenvalue weighted by molar-refractivity contribution is -0.132. The molecular weight excluding hydrogens is 298 g/mol. The van der Waals surface area contributed by atoms with Gasteiger partial charge < -0.3 is 4.74 Å². The number of hydrogen-bond acceptors (Lipinski definition) is 3. The summed E-state index contributed by atoms with van der Waals surface area (Å²) in [6.07, 6.45) is 5.39. The SMILES string of the molecule is O=C1C(c2ccccn2)COC2C=Cc3c(Cl)cccc3C12. The summed E-state index contributed by atoms with van der Waals surface area (Å²) in [5.74, 6) is -0.469. The number of pyridine rings is 1. The number of rotatable bonds is 1. The van der Waals surface area contributed by atoms with Gasteiger partial charge in [0.15, 0.2) is 5.78 Å². The lowest BCUT2D eigenvalue weighted by Crippen LogP contribution is -2.40. The Kier molecular flexibility index (Phi) is 3.32. The van der Waals surface area contributed by atoms with Crippen LogP contribution in [0.15, 0.2) is 48.7 Å². The molecule has 3 unspecified atom stereocenters. The molecule has 1 fully saturated rings. The molecule has 110 valence electrons. The fourth-order valence-corrected chi connectivity index (χ4v) is 3.51. The van der Waals surface area contributed by atoms with Gasteiger partial charge in [0.25, 0.3) is 0 Å². The molecule has 0 amide bonds. The summed E-state index contributed by atoms with van der Waals surface area (Å²) in [6.45, 7) is 0.372. The maximum absolute atomic E-state index is 13.0. The number of ether oxygens (including phenoxy) is 1. The molecular formula is C18H14ClNO2. The monoisotopic (exact) mass is 311 g/mol. The average molecular weight is 312 g/mol. The van der Waals surface area contributed by atoms with Crippen LogP contribution in [0, 0.1) is 0 Å². The second-order valence-corrected chi connectivity index (χ2v) is 5.99. The summed E-state index contributed by atoms with van der Waals surface area (Å²) in [5.41, 5.74) is 2.64. The zero-order valence-electron chi connectivity index (χ0n) is 11.8. The van der Waals surface area contributed by atoms with Crippen LogP contribution in [0.5, 0.6) is 0 Å². The van der Waals surface area contributed by atoms with Gasteiger partial charge in [-0.2, -0.15) is 0 Å². The van der Waals surface area contributed by atoms with Crippen molar-refractivity contribution in [3.05, 3.63) is 70.5 Å². The minimum Gasteiger partial charge on any atom is -0.372 e. The van der Waals surface area contributed by atoms with E-state index < -0.39 is 0 Å². The van der Waals surface area contributed by atoms with Crippen LogP contribution in [0.3, 0.4) is 0 Å². The van der Waals surface area contributed by atoms with Crippen molar-refractivity contribution >= 4 is 23.5 Å². The molecule has 3 nitrogen and oxygen atoms in total. The number of hydrogen-bond donors (Lipinski definition) is 0. The molecule has 3 atom stereocenters. The van der Waals surface area contributed by atoms with Crippen LogP contribution < -0.4 is 0 Å². The van der Waals surface area contributed by atoms with Gasteiger partial charge in [-0.05, 0) is 29.3 Å². The van der Waals surface area contributed by atoms with Gasteiger partial charge in [-0.3, -0.25) is 9.78 Å². The largest absolute Gasteiger partial charge is 0.372 e. The van der Waals surface area contributed by atoms with E-state index in [1.165, 1.54) is 0 Å². The van der Waals surface area contributed by atoms with Gasteiger partial charge in [-0.1, -0.05) is 42.0 Å². The molecule has 1 aromatic carbocycles. The number of fused-ring (bicyclic) bond motifs is 3. The lowest BCUT2D eigenvalue weighted by Gasteiger charge is -2.36. The van der Waals surface area contributed by atoms with Crippen LogP contribution in [-0.2, 0) is 9.53 Å². The van der Waals surface area contributed by atoms with E-state index in [1.807, 2.05) is 48.6 Å². The zero-order valence-corrected chi connectivity index (χ0v) is 12.5. The summed E-state index contributed by atoms with van der Waals surface area (Å²) < 4.78 is 5.93. The minimum absolute atomic E-state index is 0.155. The van der Waals surface area contributed by atoms with Crippen molar-refractivity contribution in [1.82, 2.24) is 4.98 Å². The van der Waals surface area contributed by atoms with E-state index in [4.69, 9.17) is 16.3 Å². The Labute approximate surface area is 133 Å². The van der Waals surface area contributed by atoms with Crippen LogP contribution in [0.4, 0.5) is 0 Å². The van der Waals surface area contributed by atoms with E-state index in [1.54, 1.807) is 6.20 Å². The van der Waals surface area contributed by atoms with E-state index in [2.05, 4.69) is 4.98 Å². The molecule has 1 aliphatic heterocycles. The van der Waals surface area contributed by atoms with Crippen LogP contribution in [0.1, 0.15) is 28.7 Å². The molecule has 0 bridgehead atoms. The molecule has 2 aliphatic rings. The van der Waals surface area contributed by atoms with E-state index in [0.29, 0.717) is 11.6 Å². The number of ketones is 1. The molecule has 0 saturated carbocycles. The van der Waals surface area contributed by atoms with Crippen LogP contribution in [0.2, 0.25) is 5.02 Å².